The Kier molecular flexibility index (Phi) is 5.83. The zero-order chi connectivity index (χ0) is 17.8. The second-order valence-electron chi connectivity index (χ2n) is 6.22. The molecule has 0 saturated carbocycles. The molecule has 1 heterocycles. The molecule has 1 fully saturated rings. The van der Waals surface area contributed by atoms with E-state index in [-0.39, 0.29) is 17.8 Å². The van der Waals surface area contributed by atoms with Crippen molar-refractivity contribution in [2.24, 2.45) is 11.8 Å². The molecule has 0 aliphatic carbocycles. The van der Waals surface area contributed by atoms with Gasteiger partial charge >= 0.3 is 5.97 Å². The van der Waals surface area contributed by atoms with Crippen LogP contribution in [0.5, 0.6) is 11.5 Å². The number of carbonyl (C=O) groups excluding carboxylic acids is 1. The summed E-state index contributed by atoms with van der Waals surface area (Å²) in [6, 6.07) is 14.2. The Morgan fingerprint density at radius 3 is 2.36 bits per heavy atom. The van der Waals surface area contributed by atoms with Gasteiger partial charge in [-0.25, -0.2) is 0 Å². The minimum atomic E-state index is -0.104. The van der Waals surface area contributed by atoms with Gasteiger partial charge in [0.05, 0.1) is 26.7 Å². The molecule has 3 rings (SSSR count). The minimum absolute atomic E-state index is 0.0935. The maximum Gasteiger partial charge on any atom is 0.309 e. The summed E-state index contributed by atoms with van der Waals surface area (Å²) in [5, 5.41) is 0. The summed E-state index contributed by atoms with van der Waals surface area (Å²) in [5.74, 6) is 1.39. The molecule has 0 spiro atoms. The number of hydrogen-bond acceptors (Lipinski definition) is 4. The van der Waals surface area contributed by atoms with Gasteiger partial charge in [0.1, 0.15) is 0 Å². The Balaban J connectivity index is 1.74. The summed E-state index contributed by atoms with van der Waals surface area (Å²) in [6.45, 7) is 0.474. The first-order valence-corrected chi connectivity index (χ1v) is 9.30. The van der Waals surface area contributed by atoms with E-state index in [1.54, 1.807) is 14.2 Å². The van der Waals surface area contributed by atoms with Gasteiger partial charge in [-0.3, -0.25) is 4.79 Å². The van der Waals surface area contributed by atoms with Gasteiger partial charge in [-0.2, -0.15) is 0 Å². The Morgan fingerprint density at radius 2 is 1.68 bits per heavy atom. The molecule has 1 aliphatic heterocycles. The first-order chi connectivity index (χ1) is 12.1. The second kappa shape index (κ2) is 8.08. The highest BCUT2D eigenvalue weighted by Gasteiger charge is 2.36. The molecule has 1 saturated heterocycles. The van der Waals surface area contributed by atoms with Crippen molar-refractivity contribution in [2.75, 3.05) is 20.8 Å². The largest absolute Gasteiger partial charge is 0.493 e. The minimum Gasteiger partial charge on any atom is -0.493 e. The Hall–Kier alpha value is -1.76. The van der Waals surface area contributed by atoms with E-state index in [1.165, 1.54) is 9.13 Å². The zero-order valence-electron chi connectivity index (χ0n) is 14.3. The predicted molar refractivity (Wildman–Crippen MR) is 104 cm³/mol. The van der Waals surface area contributed by atoms with Crippen LogP contribution in [0.15, 0.2) is 42.5 Å². The predicted octanol–water partition coefficient (Wildman–Crippen LogP) is 3.88. The van der Waals surface area contributed by atoms with Crippen LogP contribution < -0.4 is 9.47 Å². The fraction of sp³-hybridized carbons (Fsp3) is 0.350. The maximum atomic E-state index is 12.2. The molecular weight excluding hydrogens is 431 g/mol. The molecule has 25 heavy (non-hydrogen) atoms. The van der Waals surface area contributed by atoms with Gasteiger partial charge in [-0.05, 0) is 70.8 Å². The standard InChI is InChI=1S/C20H21IO4/c1-23-18-8-5-14(11-19(18)24-2)9-15-12-25-20(22)17(15)10-13-3-6-16(21)7-4-13/h3-8,11,15,17H,9-10,12H2,1-2H3/t15-,17+/m0/s1. The lowest BCUT2D eigenvalue weighted by Gasteiger charge is -2.16. The van der Waals surface area contributed by atoms with Crippen LogP contribution in [0.25, 0.3) is 0 Å². The number of esters is 1. The molecule has 0 amide bonds. The highest BCUT2D eigenvalue weighted by molar-refractivity contribution is 14.1. The maximum absolute atomic E-state index is 12.2. The van der Waals surface area contributed by atoms with Gasteiger partial charge in [0.2, 0.25) is 0 Å². The van der Waals surface area contributed by atoms with Crippen LogP contribution >= 0.6 is 22.6 Å². The van der Waals surface area contributed by atoms with E-state index in [9.17, 15) is 4.79 Å². The summed E-state index contributed by atoms with van der Waals surface area (Å²) >= 11 is 2.28. The molecular formula is C20H21IO4. The molecule has 1 aliphatic rings. The highest BCUT2D eigenvalue weighted by atomic mass is 127. The molecule has 0 aromatic heterocycles. The molecule has 132 valence electrons. The summed E-state index contributed by atoms with van der Waals surface area (Å²) in [7, 11) is 3.25. The monoisotopic (exact) mass is 452 g/mol. The van der Waals surface area contributed by atoms with Crippen LogP contribution in [-0.4, -0.2) is 26.8 Å². The smallest absolute Gasteiger partial charge is 0.309 e. The van der Waals surface area contributed by atoms with Crippen molar-refractivity contribution in [3.8, 4) is 11.5 Å². The number of carbonyl (C=O) groups is 1. The van der Waals surface area contributed by atoms with Gasteiger partial charge in [0.25, 0.3) is 0 Å². The zero-order valence-corrected chi connectivity index (χ0v) is 16.5. The normalized spacial score (nSPS) is 19.6. The Morgan fingerprint density at radius 1 is 1.00 bits per heavy atom. The van der Waals surface area contributed by atoms with Crippen LogP contribution in [0, 0.1) is 15.4 Å². The topological polar surface area (TPSA) is 44.8 Å². The average Bonchev–Trinajstić information content (AvgIpc) is 2.96. The van der Waals surface area contributed by atoms with E-state index < -0.39 is 0 Å². The van der Waals surface area contributed by atoms with E-state index in [1.807, 2.05) is 18.2 Å². The molecule has 2 atom stereocenters. The van der Waals surface area contributed by atoms with Crippen molar-refractivity contribution in [2.45, 2.75) is 12.8 Å². The number of rotatable bonds is 6. The molecule has 4 nitrogen and oxygen atoms in total. The average molecular weight is 452 g/mol. The number of methoxy groups -OCH3 is 2. The van der Waals surface area contributed by atoms with Crippen LogP contribution in [0.1, 0.15) is 11.1 Å². The van der Waals surface area contributed by atoms with Crippen LogP contribution in [-0.2, 0) is 22.4 Å². The lowest BCUT2D eigenvalue weighted by molar-refractivity contribution is -0.141. The third kappa shape index (κ3) is 4.26. The molecule has 2 aromatic carbocycles. The fourth-order valence-corrected chi connectivity index (χ4v) is 3.60. The fourth-order valence-electron chi connectivity index (χ4n) is 3.24. The quantitative estimate of drug-likeness (QED) is 0.493. The van der Waals surface area contributed by atoms with E-state index in [4.69, 9.17) is 14.2 Å². The van der Waals surface area contributed by atoms with Crippen molar-refractivity contribution < 1.29 is 19.0 Å². The first-order valence-electron chi connectivity index (χ1n) is 8.22. The van der Waals surface area contributed by atoms with Crippen LogP contribution in [0.4, 0.5) is 0 Å². The molecule has 0 N–H and O–H groups in total. The van der Waals surface area contributed by atoms with E-state index >= 15 is 0 Å². The Labute approximate surface area is 161 Å². The van der Waals surface area contributed by atoms with Crippen LogP contribution in [0.2, 0.25) is 0 Å². The SMILES string of the molecule is COc1ccc(C[C@H]2COC(=O)[C@@H]2Cc2ccc(I)cc2)cc1OC. The third-order valence-electron chi connectivity index (χ3n) is 4.63. The molecule has 5 heteroatoms. The van der Waals surface area contributed by atoms with Crippen molar-refractivity contribution in [3.63, 3.8) is 0 Å². The van der Waals surface area contributed by atoms with Gasteiger partial charge in [0, 0.05) is 9.49 Å². The van der Waals surface area contributed by atoms with Crippen LogP contribution in [0.3, 0.4) is 0 Å². The number of hydrogen-bond donors (Lipinski definition) is 0. The van der Waals surface area contributed by atoms with E-state index in [0.717, 1.165) is 12.0 Å². The number of cyclic esters (lactones) is 1. The van der Waals surface area contributed by atoms with Gasteiger partial charge in [0.15, 0.2) is 11.5 Å². The molecule has 0 unspecified atom stereocenters. The number of halogens is 1. The van der Waals surface area contributed by atoms with Crippen molar-refractivity contribution in [1.82, 2.24) is 0 Å². The highest BCUT2D eigenvalue weighted by Crippen LogP contribution is 2.33. The second-order valence-corrected chi connectivity index (χ2v) is 7.47. The van der Waals surface area contributed by atoms with E-state index in [2.05, 4.69) is 46.9 Å². The van der Waals surface area contributed by atoms with Gasteiger partial charge < -0.3 is 14.2 Å². The van der Waals surface area contributed by atoms with Gasteiger partial charge in [-0.15, -0.1) is 0 Å². The molecule has 2 aromatic rings. The van der Waals surface area contributed by atoms with Gasteiger partial charge in [-0.1, -0.05) is 18.2 Å². The number of ether oxygens (including phenoxy) is 3. The van der Waals surface area contributed by atoms with Crippen molar-refractivity contribution >= 4 is 28.6 Å². The lowest BCUT2D eigenvalue weighted by Crippen LogP contribution is -2.20. The summed E-state index contributed by atoms with van der Waals surface area (Å²) < 4.78 is 17.2. The molecule has 0 radical (unpaired) electrons. The molecule has 0 bridgehead atoms. The number of benzene rings is 2. The lowest BCUT2D eigenvalue weighted by atomic mass is 9.85. The third-order valence-corrected chi connectivity index (χ3v) is 5.35. The van der Waals surface area contributed by atoms with Crippen molar-refractivity contribution in [1.29, 1.82) is 0 Å². The summed E-state index contributed by atoms with van der Waals surface area (Å²) in [6.07, 6.45) is 1.49. The van der Waals surface area contributed by atoms with E-state index in [0.29, 0.717) is 24.5 Å². The Bertz CT molecular complexity index is 742. The van der Waals surface area contributed by atoms with Crippen molar-refractivity contribution in [3.05, 3.63) is 57.2 Å². The summed E-state index contributed by atoms with van der Waals surface area (Å²) in [4.78, 5) is 12.2. The first kappa shape index (κ1) is 18.0. The summed E-state index contributed by atoms with van der Waals surface area (Å²) in [5.41, 5.74) is 2.29.